The highest BCUT2D eigenvalue weighted by Crippen LogP contribution is 2.12. The van der Waals surface area contributed by atoms with E-state index in [0.717, 1.165) is 22.3 Å². The highest BCUT2D eigenvalue weighted by atomic mass is 16.4. The van der Waals surface area contributed by atoms with E-state index in [0.29, 0.717) is 12.8 Å². The molecule has 12 N–H and O–H groups in total. The Bertz CT molecular complexity index is 1650. The fourth-order valence-corrected chi connectivity index (χ4v) is 4.29. The zero-order valence-electron chi connectivity index (χ0n) is 30.2. The van der Waals surface area contributed by atoms with Crippen LogP contribution in [0.1, 0.15) is 36.1 Å². The van der Waals surface area contributed by atoms with Gasteiger partial charge < -0.3 is 48.1 Å². The Morgan fingerprint density at radius 2 is 0.889 bits per heavy atom. The molecule has 0 radical (unpaired) electrons. The average Bonchev–Trinajstić information content (AvgIpc) is 3.13. The van der Waals surface area contributed by atoms with Gasteiger partial charge in [-0.1, -0.05) is 117 Å². The van der Waals surface area contributed by atoms with Crippen molar-refractivity contribution in [3.05, 3.63) is 138 Å². The molecule has 0 fully saturated rings. The Balaban J connectivity index is 0.000000389. The van der Waals surface area contributed by atoms with Gasteiger partial charge in [0.15, 0.2) is 0 Å². The number of carboxylic acids is 4. The van der Waals surface area contributed by atoms with Crippen LogP contribution in [0.15, 0.2) is 115 Å². The summed E-state index contributed by atoms with van der Waals surface area (Å²) >= 11 is 0. The van der Waals surface area contributed by atoms with E-state index < -0.39 is 48.0 Å². The minimum Gasteiger partial charge on any atom is -0.508 e. The van der Waals surface area contributed by atoms with Crippen LogP contribution in [0.4, 0.5) is 0 Å². The Morgan fingerprint density at radius 1 is 0.519 bits per heavy atom. The first-order valence-corrected chi connectivity index (χ1v) is 16.9. The largest absolute Gasteiger partial charge is 0.508 e. The second-order valence-corrected chi connectivity index (χ2v) is 12.4. The van der Waals surface area contributed by atoms with E-state index in [2.05, 4.69) is 5.32 Å². The Labute approximate surface area is 314 Å². The summed E-state index contributed by atoms with van der Waals surface area (Å²) in [6.07, 6.45) is 1.07. The molecule has 4 aromatic carbocycles. The Morgan fingerprint density at radius 3 is 1.20 bits per heavy atom. The quantitative estimate of drug-likeness (QED) is 0.0898. The molecule has 0 aliphatic carbocycles. The topological polar surface area (TPSA) is 277 Å². The lowest BCUT2D eigenvalue weighted by atomic mass is 10.1. The first kappa shape index (κ1) is 45.9. The molecule has 0 aromatic heterocycles. The molecule has 0 aliphatic rings. The van der Waals surface area contributed by atoms with Crippen LogP contribution in [0.3, 0.4) is 0 Å². The number of benzene rings is 4. The molecule has 0 unspecified atom stereocenters. The van der Waals surface area contributed by atoms with Gasteiger partial charge in [-0.15, -0.1) is 0 Å². The molecule has 4 aromatic rings. The van der Waals surface area contributed by atoms with E-state index in [1.807, 2.05) is 91.0 Å². The predicted octanol–water partition coefficient (Wildman–Crippen LogP) is 3.08. The van der Waals surface area contributed by atoms with Gasteiger partial charge >= 0.3 is 23.9 Å². The van der Waals surface area contributed by atoms with Crippen molar-refractivity contribution in [3.8, 4) is 5.75 Å². The van der Waals surface area contributed by atoms with Crippen molar-refractivity contribution in [1.82, 2.24) is 5.32 Å². The Hall–Kier alpha value is -6.09. The van der Waals surface area contributed by atoms with Gasteiger partial charge in [0, 0.05) is 6.42 Å². The number of nitrogens with one attached hydrogen (secondary N) is 1. The summed E-state index contributed by atoms with van der Waals surface area (Å²) in [4.78, 5) is 54.0. The molecule has 1 amide bonds. The molecule has 4 rings (SSSR count). The van der Waals surface area contributed by atoms with E-state index in [-0.39, 0.29) is 30.4 Å². The normalized spacial score (nSPS) is 12.3. The number of amides is 1. The molecule has 0 saturated carbocycles. The van der Waals surface area contributed by atoms with Crippen LogP contribution >= 0.6 is 0 Å². The number of phenolic OH excluding ortho intramolecular Hbond substituents is 1. The summed E-state index contributed by atoms with van der Waals surface area (Å²) in [5.41, 5.74) is 19.3. The number of hydrogen-bond donors (Lipinski definition) is 9. The van der Waals surface area contributed by atoms with Gasteiger partial charge in [-0.25, -0.2) is 4.79 Å². The van der Waals surface area contributed by atoms with Crippen LogP contribution in [0.25, 0.3) is 0 Å². The number of phenols is 1. The number of hydrogen-bond acceptors (Lipinski definition) is 9. The van der Waals surface area contributed by atoms with Crippen molar-refractivity contribution in [3.63, 3.8) is 0 Å². The minimum atomic E-state index is -1.09. The second-order valence-electron chi connectivity index (χ2n) is 12.4. The SMILES string of the molecule is CC(C)[C@@H](N)C(=O)O.N[C@H](Cc1ccccc1)C(=O)O.N[C@H](Cc1ccccc1)C(=O)O.O=C(Cc1ccccc1)N[C@H](Cc1ccc(O)cc1)C(=O)O. The zero-order valence-corrected chi connectivity index (χ0v) is 30.2. The van der Waals surface area contributed by atoms with E-state index in [9.17, 15) is 34.2 Å². The Kier molecular flexibility index (Phi) is 21.2. The molecule has 290 valence electrons. The molecule has 54 heavy (non-hydrogen) atoms. The highest BCUT2D eigenvalue weighted by molar-refractivity contribution is 5.85. The number of aromatic hydroxyl groups is 1. The highest BCUT2D eigenvalue weighted by Gasteiger charge is 2.20. The predicted molar refractivity (Wildman–Crippen MR) is 203 cm³/mol. The van der Waals surface area contributed by atoms with E-state index in [1.165, 1.54) is 12.1 Å². The van der Waals surface area contributed by atoms with Crippen molar-refractivity contribution in [2.24, 2.45) is 23.1 Å². The molecule has 0 bridgehead atoms. The lowest BCUT2D eigenvalue weighted by Gasteiger charge is -2.14. The molecular formula is C40H50N4O10. The third-order valence-corrected chi connectivity index (χ3v) is 7.45. The van der Waals surface area contributed by atoms with Crippen LogP contribution in [-0.4, -0.2) is 79.5 Å². The first-order valence-electron chi connectivity index (χ1n) is 16.9. The van der Waals surface area contributed by atoms with Crippen molar-refractivity contribution in [2.45, 2.75) is 63.7 Å². The molecular weight excluding hydrogens is 696 g/mol. The average molecular weight is 747 g/mol. The van der Waals surface area contributed by atoms with Crippen molar-refractivity contribution in [1.29, 1.82) is 0 Å². The van der Waals surface area contributed by atoms with Gasteiger partial charge in [-0.2, -0.15) is 0 Å². The summed E-state index contributed by atoms with van der Waals surface area (Å²) in [6.45, 7) is 3.55. The zero-order chi connectivity index (χ0) is 40.6. The van der Waals surface area contributed by atoms with E-state index in [1.54, 1.807) is 26.0 Å². The fraction of sp³-hybridized carbons (Fsp3) is 0.275. The third-order valence-electron chi connectivity index (χ3n) is 7.45. The smallest absolute Gasteiger partial charge is 0.326 e. The summed E-state index contributed by atoms with van der Waals surface area (Å²) in [7, 11) is 0. The van der Waals surface area contributed by atoms with Gasteiger partial charge in [0.2, 0.25) is 5.91 Å². The van der Waals surface area contributed by atoms with Crippen LogP contribution < -0.4 is 22.5 Å². The van der Waals surface area contributed by atoms with Crippen molar-refractivity contribution < 1.29 is 49.5 Å². The van der Waals surface area contributed by atoms with Gasteiger partial charge in [0.05, 0.1) is 6.42 Å². The molecule has 4 atom stereocenters. The van der Waals surface area contributed by atoms with Crippen LogP contribution in [0, 0.1) is 5.92 Å². The van der Waals surface area contributed by atoms with Crippen LogP contribution in [0.2, 0.25) is 0 Å². The van der Waals surface area contributed by atoms with Gasteiger partial charge in [0.25, 0.3) is 0 Å². The fourth-order valence-electron chi connectivity index (χ4n) is 4.29. The number of carboxylic acid groups (broad SMARTS) is 4. The maximum Gasteiger partial charge on any atom is 0.326 e. The molecule has 0 spiro atoms. The number of rotatable bonds is 14. The molecule has 14 nitrogen and oxygen atoms in total. The van der Waals surface area contributed by atoms with Crippen LogP contribution in [0.5, 0.6) is 5.75 Å². The lowest BCUT2D eigenvalue weighted by Crippen LogP contribution is -2.43. The van der Waals surface area contributed by atoms with Crippen LogP contribution in [-0.2, 0) is 49.7 Å². The van der Waals surface area contributed by atoms with Crippen molar-refractivity contribution >= 4 is 29.8 Å². The third kappa shape index (κ3) is 20.1. The maximum atomic E-state index is 12.0. The van der Waals surface area contributed by atoms with E-state index in [4.69, 9.17) is 32.5 Å². The number of nitrogens with two attached hydrogens (primary N) is 3. The molecule has 0 saturated heterocycles. The minimum absolute atomic E-state index is 0.0208. The summed E-state index contributed by atoms with van der Waals surface area (Å²) in [5, 5.41) is 46.3. The second kappa shape index (κ2) is 25.0. The standard InChI is InChI=1S/C17H17NO4.2C9H11NO2.C5H11NO2/c19-14-8-6-13(7-9-14)10-15(17(21)22)18-16(20)11-12-4-2-1-3-5-12;2*10-8(9(11)12)6-7-4-2-1-3-5-7;1-3(2)4(6)5(7)8/h1-9,15,19H,10-11H2,(H,18,20)(H,21,22);2*1-5,8H,6,10H2,(H,11,12);3-4H,6H2,1-2H3,(H,7,8)/t15-;2*8-;4-/m1111/s1. The summed E-state index contributed by atoms with van der Waals surface area (Å²) < 4.78 is 0. The van der Waals surface area contributed by atoms with Gasteiger partial charge in [0.1, 0.15) is 29.9 Å². The molecule has 0 aliphatic heterocycles. The maximum absolute atomic E-state index is 12.0. The molecule has 0 heterocycles. The first-order chi connectivity index (χ1) is 25.5. The summed E-state index contributed by atoms with van der Waals surface area (Å²) in [5.74, 6) is -4.14. The number of aliphatic carboxylic acids is 4. The van der Waals surface area contributed by atoms with E-state index >= 15 is 0 Å². The van der Waals surface area contributed by atoms with Gasteiger partial charge in [-0.3, -0.25) is 19.2 Å². The monoisotopic (exact) mass is 746 g/mol. The van der Waals surface area contributed by atoms with Gasteiger partial charge in [-0.05, 0) is 53.1 Å². The number of carbonyl (C=O) groups is 5. The number of carbonyl (C=O) groups excluding carboxylic acids is 1. The molecule has 14 heteroatoms. The lowest BCUT2D eigenvalue weighted by molar-refractivity contribution is -0.141. The van der Waals surface area contributed by atoms with Crippen molar-refractivity contribution in [2.75, 3.05) is 0 Å². The summed E-state index contributed by atoms with van der Waals surface area (Å²) in [6, 6.07) is 30.8.